The van der Waals surface area contributed by atoms with Crippen molar-refractivity contribution in [2.45, 2.75) is 18.8 Å². The molecule has 3 aromatic heterocycles. The Labute approximate surface area is 160 Å². The summed E-state index contributed by atoms with van der Waals surface area (Å²) < 4.78 is 3.22. The zero-order valence-electron chi connectivity index (χ0n) is 15.2. The Bertz CT molecular complexity index is 1200. The summed E-state index contributed by atoms with van der Waals surface area (Å²) in [6.45, 7) is 0. The third-order valence-electron chi connectivity index (χ3n) is 4.70. The molecule has 1 aromatic carbocycles. The van der Waals surface area contributed by atoms with Gasteiger partial charge in [0.25, 0.3) is 5.91 Å². The summed E-state index contributed by atoms with van der Waals surface area (Å²) in [5, 5.41) is 11.4. The fourth-order valence-corrected chi connectivity index (χ4v) is 3.17. The van der Waals surface area contributed by atoms with Crippen molar-refractivity contribution in [1.82, 2.24) is 29.4 Å². The van der Waals surface area contributed by atoms with Crippen LogP contribution in [-0.4, -0.2) is 35.3 Å². The Morgan fingerprint density at radius 3 is 2.89 bits per heavy atom. The highest BCUT2D eigenvalue weighted by molar-refractivity contribution is 6.08. The number of nitrogens with zero attached hydrogens (tertiary/aromatic N) is 6. The first-order valence-electron chi connectivity index (χ1n) is 8.99. The van der Waals surface area contributed by atoms with Gasteiger partial charge in [0.1, 0.15) is 11.9 Å². The number of carbonyl (C=O) groups is 1. The molecule has 140 valence electrons. The first-order valence-corrected chi connectivity index (χ1v) is 8.99. The Morgan fingerprint density at radius 2 is 2.14 bits per heavy atom. The van der Waals surface area contributed by atoms with Gasteiger partial charge in [-0.2, -0.15) is 10.2 Å². The molecule has 0 atom stereocenters. The number of anilines is 2. The number of hydrogen-bond acceptors (Lipinski definition) is 6. The molecule has 0 bridgehead atoms. The van der Waals surface area contributed by atoms with Crippen LogP contribution in [0.2, 0.25) is 0 Å². The van der Waals surface area contributed by atoms with Crippen molar-refractivity contribution >= 4 is 22.9 Å². The fourth-order valence-electron chi connectivity index (χ4n) is 3.17. The van der Waals surface area contributed by atoms with Crippen LogP contribution in [0.1, 0.15) is 34.8 Å². The van der Waals surface area contributed by atoms with Gasteiger partial charge in [0, 0.05) is 41.8 Å². The lowest BCUT2D eigenvalue weighted by Crippen LogP contribution is -2.12. The van der Waals surface area contributed by atoms with Crippen LogP contribution in [0.15, 0.2) is 43.0 Å². The van der Waals surface area contributed by atoms with E-state index >= 15 is 0 Å². The monoisotopic (exact) mass is 374 g/mol. The van der Waals surface area contributed by atoms with Gasteiger partial charge in [0.05, 0.1) is 6.20 Å². The van der Waals surface area contributed by atoms with Gasteiger partial charge in [-0.1, -0.05) is 0 Å². The van der Waals surface area contributed by atoms with E-state index in [0.29, 0.717) is 34.3 Å². The molecule has 3 heterocycles. The summed E-state index contributed by atoms with van der Waals surface area (Å²) in [6, 6.07) is 7.21. The van der Waals surface area contributed by atoms with E-state index < -0.39 is 0 Å². The highest BCUT2D eigenvalue weighted by Gasteiger charge is 2.26. The molecule has 0 saturated heterocycles. The summed E-state index contributed by atoms with van der Waals surface area (Å²) in [6.07, 6.45) is 7.28. The molecule has 1 fully saturated rings. The van der Waals surface area contributed by atoms with E-state index in [9.17, 15) is 4.79 Å². The highest BCUT2D eigenvalue weighted by atomic mass is 16.1. The Hall–Kier alpha value is -3.75. The van der Waals surface area contributed by atoms with Crippen molar-refractivity contribution in [2.75, 3.05) is 11.1 Å². The molecule has 9 nitrogen and oxygen atoms in total. The molecule has 28 heavy (non-hydrogen) atoms. The topological polar surface area (TPSA) is 116 Å². The number of fused-ring (bicyclic) bond motifs is 1. The van der Waals surface area contributed by atoms with Crippen LogP contribution in [0.25, 0.3) is 17.0 Å². The third-order valence-corrected chi connectivity index (χ3v) is 4.70. The molecule has 1 amide bonds. The van der Waals surface area contributed by atoms with Gasteiger partial charge in [-0.15, -0.1) is 0 Å². The largest absolute Gasteiger partial charge is 0.399 e. The second-order valence-electron chi connectivity index (χ2n) is 6.99. The minimum atomic E-state index is -0.291. The van der Waals surface area contributed by atoms with Gasteiger partial charge in [-0.3, -0.25) is 9.48 Å². The first kappa shape index (κ1) is 16.4. The van der Waals surface area contributed by atoms with E-state index in [1.807, 2.05) is 12.3 Å². The molecule has 1 aliphatic carbocycles. The SMILES string of the molecule is Cn1cnc(-c2cc(N)cc(NC(=O)c3cnn4ccc(C5CC5)nc34)c2)n1. The van der Waals surface area contributed by atoms with E-state index in [-0.39, 0.29) is 5.91 Å². The maximum atomic E-state index is 12.9. The van der Waals surface area contributed by atoms with Gasteiger partial charge in [-0.05, 0) is 37.1 Å². The smallest absolute Gasteiger partial charge is 0.261 e. The number of hydrogen-bond donors (Lipinski definition) is 2. The van der Waals surface area contributed by atoms with Crippen LogP contribution in [0.4, 0.5) is 11.4 Å². The van der Waals surface area contributed by atoms with Crippen LogP contribution in [0.3, 0.4) is 0 Å². The molecule has 0 unspecified atom stereocenters. The molecular weight excluding hydrogens is 356 g/mol. The second kappa shape index (κ2) is 6.15. The number of nitrogens with two attached hydrogens (primary N) is 1. The molecular formula is C19H18N8O. The molecule has 0 radical (unpaired) electrons. The maximum absolute atomic E-state index is 12.9. The van der Waals surface area contributed by atoms with Crippen LogP contribution in [-0.2, 0) is 7.05 Å². The normalized spacial score (nSPS) is 13.8. The summed E-state index contributed by atoms with van der Waals surface area (Å²) in [5.74, 6) is 0.746. The lowest BCUT2D eigenvalue weighted by Gasteiger charge is -2.07. The molecule has 1 aliphatic rings. The Balaban J connectivity index is 1.46. The zero-order chi connectivity index (χ0) is 19.3. The lowest BCUT2D eigenvalue weighted by atomic mass is 10.1. The van der Waals surface area contributed by atoms with E-state index in [1.54, 1.807) is 40.8 Å². The van der Waals surface area contributed by atoms with Crippen molar-refractivity contribution < 1.29 is 4.79 Å². The number of amides is 1. The van der Waals surface area contributed by atoms with E-state index in [4.69, 9.17) is 5.73 Å². The van der Waals surface area contributed by atoms with Gasteiger partial charge in [0.15, 0.2) is 11.5 Å². The minimum absolute atomic E-state index is 0.291. The number of nitrogens with one attached hydrogen (secondary N) is 1. The summed E-state index contributed by atoms with van der Waals surface area (Å²) in [4.78, 5) is 21.7. The number of aromatic nitrogens is 6. The van der Waals surface area contributed by atoms with Crippen molar-refractivity contribution in [2.24, 2.45) is 7.05 Å². The average Bonchev–Trinajstić information content (AvgIpc) is 3.29. The Kier molecular flexibility index (Phi) is 3.61. The predicted octanol–water partition coefficient (Wildman–Crippen LogP) is 2.24. The third kappa shape index (κ3) is 2.96. The van der Waals surface area contributed by atoms with Crippen molar-refractivity contribution in [3.05, 3.63) is 54.2 Å². The molecule has 9 heteroatoms. The van der Waals surface area contributed by atoms with Crippen molar-refractivity contribution in [1.29, 1.82) is 0 Å². The van der Waals surface area contributed by atoms with Gasteiger partial charge in [0.2, 0.25) is 0 Å². The number of carbonyl (C=O) groups excluding carboxylic acids is 1. The zero-order valence-corrected chi connectivity index (χ0v) is 15.2. The van der Waals surface area contributed by atoms with Crippen LogP contribution < -0.4 is 11.1 Å². The van der Waals surface area contributed by atoms with E-state index in [2.05, 4.69) is 25.5 Å². The molecule has 5 rings (SSSR count). The van der Waals surface area contributed by atoms with Crippen molar-refractivity contribution in [3.8, 4) is 11.4 Å². The molecule has 0 aliphatic heterocycles. The van der Waals surface area contributed by atoms with Gasteiger partial charge < -0.3 is 11.1 Å². The summed E-state index contributed by atoms with van der Waals surface area (Å²) in [5.41, 5.74) is 9.78. The van der Waals surface area contributed by atoms with Gasteiger partial charge >= 0.3 is 0 Å². The van der Waals surface area contributed by atoms with Crippen LogP contribution in [0.5, 0.6) is 0 Å². The van der Waals surface area contributed by atoms with Gasteiger partial charge in [-0.25, -0.2) is 14.5 Å². The summed E-state index contributed by atoms with van der Waals surface area (Å²) in [7, 11) is 1.79. The predicted molar refractivity (Wildman–Crippen MR) is 104 cm³/mol. The number of rotatable bonds is 4. The number of aryl methyl sites for hydroxylation is 1. The van der Waals surface area contributed by atoms with E-state index in [0.717, 1.165) is 24.1 Å². The molecule has 1 saturated carbocycles. The standard InChI is InChI=1S/C19H18N8O/c1-26-10-21-17(25-26)12-6-13(20)8-14(7-12)23-19(28)15-9-22-27-5-4-16(11-2-3-11)24-18(15)27/h4-11H,2-3,20H2,1H3,(H,23,28). The molecule has 4 aromatic rings. The second-order valence-corrected chi connectivity index (χ2v) is 6.99. The number of benzene rings is 1. The highest BCUT2D eigenvalue weighted by Crippen LogP contribution is 2.39. The quantitative estimate of drug-likeness (QED) is 0.529. The average molecular weight is 374 g/mol. The first-order chi connectivity index (χ1) is 13.6. The lowest BCUT2D eigenvalue weighted by molar-refractivity contribution is 0.102. The molecule has 0 spiro atoms. The van der Waals surface area contributed by atoms with Crippen LogP contribution in [0, 0.1) is 0 Å². The van der Waals surface area contributed by atoms with E-state index in [1.165, 1.54) is 6.20 Å². The Morgan fingerprint density at radius 1 is 1.29 bits per heavy atom. The van der Waals surface area contributed by atoms with Crippen LogP contribution >= 0.6 is 0 Å². The van der Waals surface area contributed by atoms with Crippen molar-refractivity contribution in [3.63, 3.8) is 0 Å². The maximum Gasteiger partial charge on any atom is 0.261 e. The number of nitrogen functional groups attached to an aromatic ring is 1. The summed E-state index contributed by atoms with van der Waals surface area (Å²) >= 11 is 0. The minimum Gasteiger partial charge on any atom is -0.399 e. The molecule has 3 N–H and O–H groups in total. The fraction of sp³-hybridized carbons (Fsp3) is 0.211.